The van der Waals surface area contributed by atoms with Crippen LogP contribution >= 0.6 is 0 Å². The third kappa shape index (κ3) is 6.17. The van der Waals surface area contributed by atoms with Crippen LogP contribution in [0.2, 0.25) is 0 Å². The smallest absolute Gasteiger partial charge is 0.340 e. The topological polar surface area (TPSA) is 247 Å². The number of fused-ring (bicyclic) bond motifs is 5. The van der Waals surface area contributed by atoms with Gasteiger partial charge in [0.25, 0.3) is 0 Å². The van der Waals surface area contributed by atoms with Crippen LogP contribution in [-0.2, 0) is 66.7 Å². The lowest BCUT2D eigenvalue weighted by atomic mass is 9.45. The van der Waals surface area contributed by atoms with Crippen LogP contribution in [0.3, 0.4) is 0 Å². The number of hydrogen-bond acceptors (Lipinski definition) is 18. The van der Waals surface area contributed by atoms with E-state index in [9.17, 15) is 43.8 Å². The van der Waals surface area contributed by atoms with Crippen LogP contribution < -0.4 is 0 Å². The molecular formula is C36H45NO17. The first kappa shape index (κ1) is 40.5. The third-order valence-electron chi connectivity index (χ3n) is 11.2. The Hall–Kier alpha value is -4.68. The van der Waals surface area contributed by atoms with Crippen LogP contribution in [0.4, 0.5) is 0 Å². The Morgan fingerprint density at radius 2 is 1.43 bits per heavy atom. The van der Waals surface area contributed by atoms with E-state index in [0.29, 0.717) is 0 Å². The first-order chi connectivity index (χ1) is 25.1. The molecule has 2 N–H and O–H groups in total. The van der Waals surface area contributed by atoms with E-state index in [0.717, 1.165) is 41.5 Å². The lowest BCUT2D eigenvalue weighted by molar-refractivity contribution is -0.386. The number of pyridine rings is 1. The molecule has 3 heterocycles. The highest BCUT2D eigenvalue weighted by molar-refractivity contribution is 5.91. The van der Waals surface area contributed by atoms with Gasteiger partial charge in [0.1, 0.15) is 48.1 Å². The van der Waals surface area contributed by atoms with Gasteiger partial charge >= 0.3 is 41.8 Å². The van der Waals surface area contributed by atoms with E-state index >= 15 is 0 Å². The number of ether oxygens (including phenoxy) is 8. The van der Waals surface area contributed by atoms with Crippen LogP contribution in [0.5, 0.6) is 0 Å². The second-order valence-corrected chi connectivity index (χ2v) is 14.7. The maximum Gasteiger partial charge on any atom is 0.340 e. The number of nitrogens with zero attached hydrogens (tertiary/aromatic N) is 1. The Morgan fingerprint density at radius 3 is 2.00 bits per heavy atom. The lowest BCUT2D eigenvalue weighted by Crippen LogP contribution is -2.89. The first-order valence-electron chi connectivity index (χ1n) is 17.3. The van der Waals surface area contributed by atoms with Crippen molar-refractivity contribution in [2.24, 2.45) is 17.3 Å². The van der Waals surface area contributed by atoms with Crippen molar-refractivity contribution in [3.63, 3.8) is 0 Å². The molecule has 0 unspecified atom stereocenters. The van der Waals surface area contributed by atoms with Crippen molar-refractivity contribution in [2.75, 3.05) is 13.2 Å². The lowest BCUT2D eigenvalue weighted by Gasteiger charge is -2.67. The molecule has 296 valence electrons. The summed E-state index contributed by atoms with van der Waals surface area (Å²) >= 11 is 0. The number of esters is 7. The van der Waals surface area contributed by atoms with Gasteiger partial charge in [0.2, 0.25) is 0 Å². The van der Waals surface area contributed by atoms with Crippen LogP contribution in [0.1, 0.15) is 84.3 Å². The standard InChI is InChI=1S/C36H45NO17/c1-15-16(2)31(44)53-29-26(49-18(4)39)30(52-21(7)42)35(14-47-17(3)38)28(51-20(6)41)25(43)23-27(50-19(5)40)36(35,34(29,9)46)54-33(23,8)13-48-32(45)22-11-10-12-37-24(15)22/h10-12,15-16,23,25-30,43,46H,13-14H2,1-9H3/t15-,16+,23+,25+,26-,27+,28+,29-,30-,33-,34-,35+,36-/m0/s1. The summed E-state index contributed by atoms with van der Waals surface area (Å²) in [6.07, 6.45) is -10.6. The molecule has 0 aromatic carbocycles. The number of rotatable bonds is 6. The fourth-order valence-electron chi connectivity index (χ4n) is 8.96. The van der Waals surface area contributed by atoms with Gasteiger partial charge in [-0.3, -0.25) is 33.8 Å². The van der Waals surface area contributed by atoms with Gasteiger partial charge in [0, 0.05) is 46.7 Å². The molecule has 54 heavy (non-hydrogen) atoms. The zero-order chi connectivity index (χ0) is 40.3. The quantitative estimate of drug-likeness (QED) is 0.295. The summed E-state index contributed by atoms with van der Waals surface area (Å²) in [4.78, 5) is 97.0. The molecule has 2 aliphatic carbocycles. The van der Waals surface area contributed by atoms with Crippen molar-refractivity contribution in [1.82, 2.24) is 4.98 Å². The minimum atomic E-state index is -2.78. The Morgan fingerprint density at radius 1 is 0.852 bits per heavy atom. The molecule has 0 radical (unpaired) electrons. The van der Waals surface area contributed by atoms with Crippen molar-refractivity contribution in [2.45, 2.75) is 122 Å². The predicted octanol–water partition coefficient (Wildman–Crippen LogP) is 0.463. The molecule has 1 spiro atoms. The second-order valence-electron chi connectivity index (χ2n) is 14.7. The Bertz CT molecular complexity index is 1740. The SMILES string of the molecule is CC(=O)OC[C@]12[C@H](OC(C)=O)[C@H](O)[C@@H]3[C@@H](OC(C)=O)[C@@]14O[C@@]3(C)COC(=O)c1cccnc1[C@@H](C)[C@@H](C)C(=O)O[C@@H]([C@H](OC(C)=O)[C@@H]2OC(C)=O)[C@]4(C)O. The van der Waals surface area contributed by atoms with E-state index in [2.05, 4.69) is 4.98 Å². The molecule has 4 aliphatic rings. The average molecular weight is 764 g/mol. The fraction of sp³-hybridized carbons (Fsp3) is 0.667. The molecule has 18 nitrogen and oxygen atoms in total. The van der Waals surface area contributed by atoms with E-state index < -0.39 is 132 Å². The fourth-order valence-corrected chi connectivity index (χ4v) is 8.96. The van der Waals surface area contributed by atoms with Gasteiger partial charge in [-0.2, -0.15) is 0 Å². The molecule has 4 bridgehead atoms. The normalized spacial score (nSPS) is 39.8. The number of hydrogen-bond donors (Lipinski definition) is 2. The Kier molecular flexibility index (Phi) is 10.6. The largest absolute Gasteiger partial charge is 0.465 e. The summed E-state index contributed by atoms with van der Waals surface area (Å²) in [6, 6.07) is 2.91. The van der Waals surface area contributed by atoms with Crippen molar-refractivity contribution in [3.8, 4) is 0 Å². The molecule has 1 aromatic rings. The average Bonchev–Trinajstić information content (AvgIpc) is 3.30. The van der Waals surface area contributed by atoms with E-state index in [-0.39, 0.29) is 11.3 Å². The van der Waals surface area contributed by atoms with Crippen molar-refractivity contribution < 1.29 is 81.7 Å². The molecule has 2 aliphatic heterocycles. The van der Waals surface area contributed by atoms with E-state index in [1.54, 1.807) is 6.92 Å². The molecule has 2 saturated carbocycles. The number of aliphatic hydroxyl groups excluding tert-OH is 1. The van der Waals surface area contributed by atoms with Crippen LogP contribution in [0.15, 0.2) is 18.3 Å². The van der Waals surface area contributed by atoms with Crippen molar-refractivity contribution >= 4 is 41.8 Å². The van der Waals surface area contributed by atoms with Gasteiger partial charge in [-0.1, -0.05) is 13.8 Å². The Labute approximate surface area is 310 Å². The highest BCUT2D eigenvalue weighted by Crippen LogP contribution is 2.69. The van der Waals surface area contributed by atoms with Crippen LogP contribution in [0, 0.1) is 17.3 Å². The van der Waals surface area contributed by atoms with Crippen LogP contribution in [-0.4, -0.2) is 124 Å². The van der Waals surface area contributed by atoms with Gasteiger partial charge in [0.05, 0.1) is 23.1 Å². The maximum atomic E-state index is 14.2. The molecule has 3 fully saturated rings. The monoisotopic (exact) mass is 763 g/mol. The summed E-state index contributed by atoms with van der Waals surface area (Å²) < 4.78 is 47.7. The number of carbonyl (C=O) groups excluding carboxylic acids is 7. The number of aromatic nitrogens is 1. The molecule has 18 heteroatoms. The first-order valence-corrected chi connectivity index (χ1v) is 17.3. The highest BCUT2D eigenvalue weighted by Gasteiger charge is 2.91. The van der Waals surface area contributed by atoms with E-state index in [1.165, 1.54) is 32.2 Å². The molecule has 1 saturated heterocycles. The molecule has 1 aromatic heterocycles. The minimum absolute atomic E-state index is 0.0246. The highest BCUT2D eigenvalue weighted by atomic mass is 16.7. The summed E-state index contributed by atoms with van der Waals surface area (Å²) in [5.41, 5.74) is -9.90. The Balaban J connectivity index is 1.96. The zero-order valence-corrected chi connectivity index (χ0v) is 31.3. The third-order valence-corrected chi connectivity index (χ3v) is 11.2. The van der Waals surface area contributed by atoms with Crippen molar-refractivity contribution in [3.05, 3.63) is 29.6 Å². The van der Waals surface area contributed by atoms with Crippen molar-refractivity contribution in [1.29, 1.82) is 0 Å². The molecular weight excluding hydrogens is 718 g/mol. The van der Waals surface area contributed by atoms with E-state index in [1.807, 2.05) is 0 Å². The van der Waals surface area contributed by atoms with Gasteiger partial charge < -0.3 is 48.1 Å². The summed E-state index contributed by atoms with van der Waals surface area (Å²) in [5, 5.41) is 25.7. The number of cyclic esters (lactones) is 1. The van der Waals surface area contributed by atoms with Gasteiger partial charge in [0.15, 0.2) is 23.9 Å². The van der Waals surface area contributed by atoms with Gasteiger partial charge in [-0.05, 0) is 26.0 Å². The second kappa shape index (κ2) is 14.2. The zero-order valence-electron chi connectivity index (χ0n) is 31.3. The number of aliphatic hydroxyl groups is 2. The molecule has 0 amide bonds. The van der Waals surface area contributed by atoms with Gasteiger partial charge in [-0.25, -0.2) is 4.79 Å². The summed E-state index contributed by atoms with van der Waals surface area (Å²) in [6.45, 7) is 8.75. The van der Waals surface area contributed by atoms with E-state index in [4.69, 9.17) is 37.9 Å². The predicted molar refractivity (Wildman–Crippen MR) is 176 cm³/mol. The summed E-state index contributed by atoms with van der Waals surface area (Å²) in [5.74, 6) is -10.5. The van der Waals surface area contributed by atoms with Crippen LogP contribution in [0.25, 0.3) is 0 Å². The minimum Gasteiger partial charge on any atom is -0.465 e. The number of carbonyl (C=O) groups is 7. The molecule has 13 atom stereocenters. The molecule has 5 rings (SSSR count). The van der Waals surface area contributed by atoms with Gasteiger partial charge in [-0.15, -0.1) is 0 Å². The maximum absolute atomic E-state index is 14.2. The summed E-state index contributed by atoms with van der Waals surface area (Å²) in [7, 11) is 0.